The minimum absolute atomic E-state index is 0.152. The Hall–Kier alpha value is -2.90. The topological polar surface area (TPSA) is 78.5 Å². The maximum atomic E-state index is 13.1. The molecule has 0 aliphatic carbocycles. The van der Waals surface area contributed by atoms with Gasteiger partial charge in [-0.1, -0.05) is 29.8 Å². The number of halogens is 1. The number of carbonyl (C=O) groups is 2. The molecule has 4 rings (SSSR count). The van der Waals surface area contributed by atoms with E-state index in [0.717, 1.165) is 22.0 Å². The molecule has 0 saturated carbocycles. The number of carbonyl (C=O) groups excluding carboxylic acids is 2. The summed E-state index contributed by atoms with van der Waals surface area (Å²) in [5.74, 6) is 0.152. The van der Waals surface area contributed by atoms with Gasteiger partial charge < -0.3 is 9.64 Å². The normalized spacial score (nSPS) is 15.2. The quantitative estimate of drug-likeness (QED) is 0.607. The second-order valence-electron chi connectivity index (χ2n) is 8.61. The first-order valence-electron chi connectivity index (χ1n) is 10.7. The summed E-state index contributed by atoms with van der Waals surface area (Å²) in [5.41, 5.74) is 2.20. The number of H-pyrrole nitrogens is 1. The molecule has 1 aliphatic heterocycles. The number of fused-ring (bicyclic) bond motifs is 1. The van der Waals surface area contributed by atoms with Crippen molar-refractivity contribution in [2.24, 2.45) is 0 Å². The number of rotatable bonds is 6. The fourth-order valence-corrected chi connectivity index (χ4v) is 4.07. The minimum Gasteiger partial charge on any atom is -0.445 e. The molecule has 32 heavy (non-hydrogen) atoms. The summed E-state index contributed by atoms with van der Waals surface area (Å²) in [6, 6.07) is 13.1. The van der Waals surface area contributed by atoms with Crippen LogP contribution in [-0.2, 0) is 22.6 Å². The average Bonchev–Trinajstić information content (AvgIpc) is 3.26. The van der Waals surface area contributed by atoms with E-state index in [1.165, 1.54) is 0 Å². The summed E-state index contributed by atoms with van der Waals surface area (Å²) in [5, 5.41) is 8.61. The Bertz CT molecular complexity index is 1100. The van der Waals surface area contributed by atoms with E-state index in [9.17, 15) is 9.59 Å². The van der Waals surface area contributed by atoms with Crippen LogP contribution in [0.1, 0.15) is 25.0 Å². The molecule has 168 valence electrons. The van der Waals surface area contributed by atoms with Crippen LogP contribution in [0.3, 0.4) is 0 Å². The smallest absolute Gasteiger partial charge is 0.410 e. The van der Waals surface area contributed by atoms with Crippen LogP contribution in [0.15, 0.2) is 48.7 Å². The first-order valence-corrected chi connectivity index (χ1v) is 11.1. The van der Waals surface area contributed by atoms with Crippen molar-refractivity contribution in [2.45, 2.75) is 32.4 Å². The van der Waals surface area contributed by atoms with Gasteiger partial charge in [0.05, 0.1) is 17.3 Å². The van der Waals surface area contributed by atoms with Gasteiger partial charge in [0.25, 0.3) is 0 Å². The Kier molecular flexibility index (Phi) is 6.48. The summed E-state index contributed by atoms with van der Waals surface area (Å²) < 4.78 is 5.43. The fraction of sp³-hybridized carbons (Fsp3) is 0.375. The first kappa shape index (κ1) is 22.3. The van der Waals surface area contributed by atoms with Crippen LogP contribution < -0.4 is 0 Å². The van der Waals surface area contributed by atoms with Crippen molar-refractivity contribution in [3.63, 3.8) is 0 Å². The number of aromatic amines is 1. The molecule has 1 saturated heterocycles. The van der Waals surface area contributed by atoms with E-state index < -0.39 is 5.54 Å². The maximum Gasteiger partial charge on any atom is 0.410 e. The summed E-state index contributed by atoms with van der Waals surface area (Å²) in [4.78, 5) is 29.4. The van der Waals surface area contributed by atoms with Crippen molar-refractivity contribution in [3.8, 4) is 0 Å². The highest BCUT2D eigenvalue weighted by molar-refractivity contribution is 6.30. The largest absolute Gasteiger partial charge is 0.445 e. The number of nitrogens with one attached hydrogen (secondary N) is 1. The Balaban J connectivity index is 1.29. The van der Waals surface area contributed by atoms with E-state index in [4.69, 9.17) is 16.3 Å². The average molecular weight is 455 g/mol. The van der Waals surface area contributed by atoms with Crippen molar-refractivity contribution in [2.75, 3.05) is 26.2 Å². The molecule has 3 aromatic rings. The van der Waals surface area contributed by atoms with E-state index in [2.05, 4.69) is 15.1 Å². The summed E-state index contributed by atoms with van der Waals surface area (Å²) >= 11 is 5.88. The van der Waals surface area contributed by atoms with Gasteiger partial charge in [-0.3, -0.25) is 14.8 Å². The van der Waals surface area contributed by atoms with Gasteiger partial charge in [-0.15, -0.1) is 0 Å². The number of piperazine rings is 1. The molecule has 1 aromatic heterocycles. The van der Waals surface area contributed by atoms with Crippen LogP contribution in [0, 0.1) is 0 Å². The summed E-state index contributed by atoms with van der Waals surface area (Å²) in [6.45, 7) is 6.42. The Labute approximate surface area is 192 Å². The number of Topliss-reactive ketones (excluding diaryl/α,β-unsaturated/α-hetero) is 1. The van der Waals surface area contributed by atoms with Crippen LogP contribution in [0.4, 0.5) is 4.79 Å². The Morgan fingerprint density at radius 3 is 2.47 bits per heavy atom. The number of benzene rings is 2. The van der Waals surface area contributed by atoms with Gasteiger partial charge in [0.1, 0.15) is 6.61 Å². The molecule has 8 heteroatoms. The lowest BCUT2D eigenvalue weighted by Gasteiger charge is -2.42. The fourth-order valence-electron chi connectivity index (χ4n) is 3.95. The molecule has 0 bridgehead atoms. The standard InChI is InChI=1S/C24H27ClN4O3/c1-24(2,22(30)14-18-5-8-21-19(13-18)15-26-27-21)29-11-9-28(10-12-29)23(31)32-16-17-3-6-20(25)7-4-17/h3-8,13,15H,9-12,14,16H2,1-2H3,(H,26,27). The molecule has 2 aromatic carbocycles. The molecule has 0 atom stereocenters. The van der Waals surface area contributed by atoms with Gasteiger partial charge in [-0.2, -0.15) is 5.10 Å². The molecule has 7 nitrogen and oxygen atoms in total. The van der Waals surface area contributed by atoms with E-state index in [-0.39, 0.29) is 18.5 Å². The van der Waals surface area contributed by atoms with Crippen LogP contribution in [-0.4, -0.2) is 63.6 Å². The molecule has 1 N–H and O–H groups in total. The second kappa shape index (κ2) is 9.30. The van der Waals surface area contributed by atoms with E-state index in [0.29, 0.717) is 37.6 Å². The molecule has 0 unspecified atom stereocenters. The molecular formula is C24H27ClN4O3. The monoisotopic (exact) mass is 454 g/mol. The highest BCUT2D eigenvalue weighted by atomic mass is 35.5. The molecule has 1 amide bonds. The van der Waals surface area contributed by atoms with Gasteiger partial charge in [0, 0.05) is 43.0 Å². The lowest BCUT2D eigenvalue weighted by molar-refractivity contribution is -0.129. The van der Waals surface area contributed by atoms with Crippen LogP contribution in [0.25, 0.3) is 10.9 Å². The lowest BCUT2D eigenvalue weighted by Crippen LogP contribution is -2.59. The SMILES string of the molecule is CC(C)(C(=O)Cc1ccc2[nH]ncc2c1)N1CCN(C(=O)OCc2ccc(Cl)cc2)CC1. The van der Waals surface area contributed by atoms with Crippen molar-refractivity contribution < 1.29 is 14.3 Å². The van der Waals surface area contributed by atoms with Crippen molar-refractivity contribution in [1.82, 2.24) is 20.0 Å². The lowest BCUT2D eigenvalue weighted by atomic mass is 9.91. The third-order valence-electron chi connectivity index (χ3n) is 6.16. The highest BCUT2D eigenvalue weighted by Crippen LogP contribution is 2.22. The Morgan fingerprint density at radius 1 is 1.06 bits per heavy atom. The van der Waals surface area contributed by atoms with Crippen molar-refractivity contribution in [1.29, 1.82) is 0 Å². The summed E-state index contributed by atoms with van der Waals surface area (Å²) in [7, 11) is 0. The third kappa shape index (κ3) is 4.95. The van der Waals surface area contributed by atoms with Crippen LogP contribution in [0.2, 0.25) is 5.02 Å². The van der Waals surface area contributed by atoms with Gasteiger partial charge in [-0.05, 0) is 49.2 Å². The van der Waals surface area contributed by atoms with E-state index >= 15 is 0 Å². The highest BCUT2D eigenvalue weighted by Gasteiger charge is 2.37. The number of hydrogen-bond acceptors (Lipinski definition) is 5. The second-order valence-corrected chi connectivity index (χ2v) is 9.04. The maximum absolute atomic E-state index is 13.1. The molecule has 2 heterocycles. The van der Waals surface area contributed by atoms with Gasteiger partial charge in [0.15, 0.2) is 5.78 Å². The summed E-state index contributed by atoms with van der Waals surface area (Å²) in [6.07, 6.45) is 1.79. The third-order valence-corrected chi connectivity index (χ3v) is 6.41. The zero-order valence-corrected chi connectivity index (χ0v) is 19.1. The van der Waals surface area contributed by atoms with Crippen LogP contribution in [0.5, 0.6) is 0 Å². The zero-order valence-electron chi connectivity index (χ0n) is 18.3. The Morgan fingerprint density at radius 2 is 1.75 bits per heavy atom. The molecular weight excluding hydrogens is 428 g/mol. The first-order chi connectivity index (χ1) is 15.3. The van der Waals surface area contributed by atoms with Crippen LogP contribution >= 0.6 is 11.6 Å². The van der Waals surface area contributed by atoms with Gasteiger partial charge in [-0.25, -0.2) is 4.79 Å². The predicted molar refractivity (Wildman–Crippen MR) is 124 cm³/mol. The minimum atomic E-state index is -0.620. The van der Waals surface area contributed by atoms with Gasteiger partial charge in [0.2, 0.25) is 0 Å². The molecule has 1 aliphatic rings. The molecule has 0 spiro atoms. The van der Waals surface area contributed by atoms with Gasteiger partial charge >= 0.3 is 6.09 Å². The molecule has 0 radical (unpaired) electrons. The number of nitrogens with zero attached hydrogens (tertiary/aromatic N) is 3. The number of ether oxygens (including phenoxy) is 1. The van der Waals surface area contributed by atoms with E-state index in [1.807, 2.05) is 44.2 Å². The number of hydrogen-bond donors (Lipinski definition) is 1. The van der Waals surface area contributed by atoms with E-state index in [1.54, 1.807) is 23.2 Å². The predicted octanol–water partition coefficient (Wildman–Crippen LogP) is 4.06. The van der Waals surface area contributed by atoms with Crippen molar-refractivity contribution in [3.05, 3.63) is 64.8 Å². The number of amides is 1. The number of aromatic nitrogens is 2. The molecule has 1 fully saturated rings. The number of ketones is 1. The van der Waals surface area contributed by atoms with Crippen molar-refractivity contribution >= 4 is 34.4 Å². The zero-order chi connectivity index (χ0) is 22.7.